The molecule has 0 amide bonds. The molecule has 3 nitrogen and oxygen atoms in total. The molecule has 0 aliphatic rings. The molecule has 0 spiro atoms. The summed E-state index contributed by atoms with van der Waals surface area (Å²) in [6.45, 7) is 1.85. The molecule has 1 atom stereocenters. The fourth-order valence-electron chi connectivity index (χ4n) is 2.40. The maximum absolute atomic E-state index is 13.1. The maximum atomic E-state index is 13.1. The van der Waals surface area contributed by atoms with Gasteiger partial charge in [0.05, 0.1) is 15.8 Å². The van der Waals surface area contributed by atoms with E-state index < -0.39 is 16.1 Å². The third-order valence-corrected chi connectivity index (χ3v) is 6.32. The zero-order valence-electron chi connectivity index (χ0n) is 13.7. The molecule has 0 aliphatic heterocycles. The number of nitrogens with zero attached hydrogens (tertiary/aromatic N) is 1. The highest BCUT2D eigenvalue weighted by atomic mass is 32.2. The first kappa shape index (κ1) is 17.3. The van der Waals surface area contributed by atoms with Crippen molar-refractivity contribution >= 4 is 21.4 Å². The summed E-state index contributed by atoms with van der Waals surface area (Å²) in [7, 11) is -3.74. The largest absolute Gasteiger partial charge is 0.271 e. The van der Waals surface area contributed by atoms with Gasteiger partial charge in [-0.15, -0.1) is 11.3 Å². The topological polar surface area (TPSA) is 37.4 Å². The van der Waals surface area contributed by atoms with Crippen molar-refractivity contribution in [2.45, 2.75) is 17.9 Å². The van der Waals surface area contributed by atoms with Crippen LogP contribution in [-0.4, -0.2) is 12.7 Å². The first-order chi connectivity index (χ1) is 12.1. The van der Waals surface area contributed by atoms with Crippen molar-refractivity contribution in [2.75, 3.05) is 0 Å². The highest BCUT2D eigenvalue weighted by Gasteiger charge is 2.27. The van der Waals surface area contributed by atoms with E-state index in [1.54, 1.807) is 30.3 Å². The molecule has 3 rings (SSSR count). The number of sulfonamides is 1. The molecule has 1 unspecified atom stereocenters. The SMILES string of the molecule is CC(c1ccccc1)N(C#Cc1cccs1)S(=O)(=O)c1ccccc1. The molecule has 1 heterocycles. The lowest BCUT2D eigenvalue weighted by molar-refractivity contribution is 0.447. The van der Waals surface area contributed by atoms with Crippen LogP contribution in [0.1, 0.15) is 23.4 Å². The lowest BCUT2D eigenvalue weighted by atomic mass is 10.1. The van der Waals surface area contributed by atoms with Gasteiger partial charge in [0.15, 0.2) is 0 Å². The number of hydrogen-bond donors (Lipinski definition) is 0. The molecule has 5 heteroatoms. The van der Waals surface area contributed by atoms with Gasteiger partial charge >= 0.3 is 0 Å². The van der Waals surface area contributed by atoms with Crippen molar-refractivity contribution in [3.8, 4) is 12.0 Å². The number of benzene rings is 2. The van der Waals surface area contributed by atoms with Crippen LogP contribution in [0.4, 0.5) is 0 Å². The normalized spacial score (nSPS) is 12.0. The number of rotatable bonds is 4. The second-order valence-corrected chi connectivity index (χ2v) is 8.18. The summed E-state index contributed by atoms with van der Waals surface area (Å²) in [5.74, 6) is 2.97. The van der Waals surface area contributed by atoms with Crippen LogP contribution in [0.5, 0.6) is 0 Å². The Balaban J connectivity index is 2.06. The molecule has 126 valence electrons. The second-order valence-electron chi connectivity index (χ2n) is 5.41. The van der Waals surface area contributed by atoms with Crippen molar-refractivity contribution in [3.05, 3.63) is 88.6 Å². The fourth-order valence-corrected chi connectivity index (χ4v) is 4.40. The minimum Gasteiger partial charge on any atom is -0.217 e. The number of hydrogen-bond acceptors (Lipinski definition) is 3. The van der Waals surface area contributed by atoms with Crippen molar-refractivity contribution in [2.24, 2.45) is 0 Å². The van der Waals surface area contributed by atoms with Crippen LogP contribution in [0.3, 0.4) is 0 Å². The highest BCUT2D eigenvalue weighted by molar-refractivity contribution is 7.89. The molecule has 0 aliphatic carbocycles. The smallest absolute Gasteiger partial charge is 0.217 e. The van der Waals surface area contributed by atoms with E-state index in [-0.39, 0.29) is 4.90 Å². The summed E-state index contributed by atoms with van der Waals surface area (Å²) in [5, 5.41) is 1.92. The van der Waals surface area contributed by atoms with Gasteiger partial charge in [-0.1, -0.05) is 54.6 Å². The van der Waals surface area contributed by atoms with Crippen LogP contribution in [0, 0.1) is 12.0 Å². The Morgan fingerprint density at radius 3 is 2.16 bits per heavy atom. The zero-order valence-corrected chi connectivity index (χ0v) is 15.3. The number of thiophene rings is 1. The zero-order chi connectivity index (χ0) is 17.7. The third-order valence-electron chi connectivity index (χ3n) is 3.74. The summed E-state index contributed by atoms with van der Waals surface area (Å²) in [6.07, 6.45) is 0. The van der Waals surface area contributed by atoms with Crippen LogP contribution in [-0.2, 0) is 10.0 Å². The second kappa shape index (κ2) is 7.56. The van der Waals surface area contributed by atoms with Crippen molar-refractivity contribution in [1.29, 1.82) is 0 Å². The first-order valence-corrected chi connectivity index (χ1v) is 10.1. The van der Waals surface area contributed by atoms with E-state index in [2.05, 4.69) is 12.0 Å². The van der Waals surface area contributed by atoms with E-state index in [9.17, 15) is 8.42 Å². The van der Waals surface area contributed by atoms with E-state index >= 15 is 0 Å². The average molecular weight is 367 g/mol. The summed E-state index contributed by atoms with van der Waals surface area (Å²) in [4.78, 5) is 1.06. The van der Waals surface area contributed by atoms with Crippen LogP contribution in [0.15, 0.2) is 83.1 Å². The van der Waals surface area contributed by atoms with Crippen LogP contribution < -0.4 is 0 Å². The van der Waals surface area contributed by atoms with Crippen LogP contribution >= 0.6 is 11.3 Å². The summed E-state index contributed by atoms with van der Waals surface area (Å²) >= 11 is 1.48. The van der Waals surface area contributed by atoms with Crippen LogP contribution in [0.2, 0.25) is 0 Å². The summed E-state index contributed by atoms with van der Waals surface area (Å²) in [5.41, 5.74) is 0.891. The minimum absolute atomic E-state index is 0.235. The summed E-state index contributed by atoms with van der Waals surface area (Å²) in [6, 6.07) is 24.1. The molecular formula is C20H17NO2S2. The molecule has 0 fully saturated rings. The minimum atomic E-state index is -3.74. The molecule has 25 heavy (non-hydrogen) atoms. The molecule has 3 aromatic rings. The van der Waals surface area contributed by atoms with Gasteiger partial charge in [0.25, 0.3) is 10.0 Å². The van der Waals surface area contributed by atoms with Gasteiger partial charge in [-0.25, -0.2) is 12.7 Å². The Kier molecular flexibility index (Phi) is 5.22. The summed E-state index contributed by atoms with van der Waals surface area (Å²) < 4.78 is 27.5. The van der Waals surface area contributed by atoms with Gasteiger partial charge in [0.1, 0.15) is 0 Å². The van der Waals surface area contributed by atoms with Crippen molar-refractivity contribution in [3.63, 3.8) is 0 Å². The molecule has 0 saturated carbocycles. The van der Waals surface area contributed by atoms with E-state index in [0.29, 0.717) is 0 Å². The third kappa shape index (κ3) is 3.93. The lowest BCUT2D eigenvalue weighted by Gasteiger charge is -2.25. The van der Waals surface area contributed by atoms with E-state index in [4.69, 9.17) is 0 Å². The standard InChI is InChI=1S/C20H17NO2S2/c1-17(18-9-4-2-5-10-18)21(15-14-19-11-8-16-24-19)25(22,23)20-12-6-3-7-13-20/h2-13,16-17H,1H3. The highest BCUT2D eigenvalue weighted by Crippen LogP contribution is 2.26. The Morgan fingerprint density at radius 1 is 0.920 bits per heavy atom. The van der Waals surface area contributed by atoms with Crippen molar-refractivity contribution < 1.29 is 8.42 Å². The van der Waals surface area contributed by atoms with Gasteiger partial charge in [-0.3, -0.25) is 0 Å². The molecular weight excluding hydrogens is 350 g/mol. The fraction of sp³-hybridized carbons (Fsp3) is 0.100. The van der Waals surface area contributed by atoms with Gasteiger partial charge in [0, 0.05) is 6.04 Å². The molecule has 2 aromatic carbocycles. The Morgan fingerprint density at radius 2 is 1.56 bits per heavy atom. The Hall–Kier alpha value is -2.55. The predicted octanol–water partition coefficient (Wildman–Crippen LogP) is 4.51. The Bertz CT molecular complexity index is 970. The molecule has 0 N–H and O–H groups in total. The average Bonchev–Trinajstić information content (AvgIpc) is 3.16. The molecule has 1 aromatic heterocycles. The van der Waals surface area contributed by atoms with Gasteiger partial charge in [-0.2, -0.15) is 0 Å². The van der Waals surface area contributed by atoms with E-state index in [0.717, 1.165) is 10.4 Å². The molecule has 0 saturated heterocycles. The quantitative estimate of drug-likeness (QED) is 0.503. The van der Waals surface area contributed by atoms with Gasteiger partial charge < -0.3 is 0 Å². The van der Waals surface area contributed by atoms with Crippen molar-refractivity contribution in [1.82, 2.24) is 4.31 Å². The monoisotopic (exact) mass is 367 g/mol. The van der Waals surface area contributed by atoms with Crippen LogP contribution in [0.25, 0.3) is 0 Å². The van der Waals surface area contributed by atoms with E-state index in [1.165, 1.54) is 15.6 Å². The molecule has 0 radical (unpaired) electrons. The van der Waals surface area contributed by atoms with Gasteiger partial charge in [-0.05, 0) is 42.0 Å². The maximum Gasteiger partial charge on any atom is 0.271 e. The Labute approximate surface area is 152 Å². The predicted molar refractivity (Wildman–Crippen MR) is 102 cm³/mol. The first-order valence-electron chi connectivity index (χ1n) is 7.78. The van der Waals surface area contributed by atoms with E-state index in [1.807, 2.05) is 54.8 Å². The van der Waals surface area contributed by atoms with Gasteiger partial charge in [0.2, 0.25) is 0 Å². The molecule has 0 bridgehead atoms. The lowest BCUT2D eigenvalue weighted by Crippen LogP contribution is -2.29.